The molecule has 11 heteroatoms. The van der Waals surface area contributed by atoms with E-state index in [-0.39, 0.29) is 26.2 Å². The van der Waals surface area contributed by atoms with Gasteiger partial charge in [0.05, 0.1) is 5.75 Å². The lowest BCUT2D eigenvalue weighted by Gasteiger charge is -2.28. The van der Waals surface area contributed by atoms with Gasteiger partial charge in [-0.2, -0.15) is 0 Å². The summed E-state index contributed by atoms with van der Waals surface area (Å²) in [7, 11) is -7.59. The first-order valence-corrected chi connectivity index (χ1v) is 9.53. The maximum Gasteiger partial charge on any atom is 0.247 e. The lowest BCUT2D eigenvalue weighted by Crippen LogP contribution is -2.45. The van der Waals surface area contributed by atoms with Crippen LogP contribution in [0.5, 0.6) is 0 Å². The van der Waals surface area contributed by atoms with Gasteiger partial charge in [-0.3, -0.25) is 5.32 Å². The minimum absolute atomic E-state index is 0.102. The number of primary sulfonamides is 1. The highest BCUT2D eigenvalue weighted by atomic mass is 32.3. The minimum atomic E-state index is -4.01. The van der Waals surface area contributed by atoms with Crippen LogP contribution in [0.2, 0.25) is 0 Å². The topological polar surface area (TPSA) is 147 Å². The van der Waals surface area contributed by atoms with E-state index in [1.807, 2.05) is 0 Å². The monoisotopic (exact) mass is 342 g/mol. The summed E-state index contributed by atoms with van der Waals surface area (Å²) in [6.07, 6.45) is 0.104. The first kappa shape index (κ1) is 15.8. The van der Waals surface area contributed by atoms with Gasteiger partial charge in [0.15, 0.2) is 9.84 Å². The molecular formula is C9H14N2O6S3. The van der Waals surface area contributed by atoms with Crippen molar-refractivity contribution in [2.75, 3.05) is 5.75 Å². The van der Waals surface area contributed by atoms with E-state index in [0.29, 0.717) is 11.3 Å². The predicted octanol–water partition coefficient (Wildman–Crippen LogP) is -1.14. The summed E-state index contributed by atoms with van der Waals surface area (Å²) in [6.45, 7) is 1.09. The highest BCUT2D eigenvalue weighted by molar-refractivity contribution is 7.95. The Morgan fingerprint density at radius 3 is 2.60 bits per heavy atom. The molecule has 1 atom stereocenters. The fourth-order valence-corrected chi connectivity index (χ4v) is 6.16. The van der Waals surface area contributed by atoms with Crippen molar-refractivity contribution < 1.29 is 27.0 Å². The first-order valence-electron chi connectivity index (χ1n) is 5.52. The van der Waals surface area contributed by atoms with Crippen LogP contribution in [0.3, 0.4) is 0 Å². The number of hydrogen-bond acceptors (Lipinski definition) is 8. The second-order valence-corrected chi connectivity index (χ2v) is 9.82. The second-order valence-electron chi connectivity index (χ2n) is 4.68. The molecule has 1 aliphatic heterocycles. The van der Waals surface area contributed by atoms with Gasteiger partial charge in [-0.25, -0.2) is 22.0 Å². The van der Waals surface area contributed by atoms with Crippen LogP contribution in [0.15, 0.2) is 14.5 Å². The Morgan fingerprint density at radius 2 is 2.10 bits per heavy atom. The zero-order valence-corrected chi connectivity index (χ0v) is 12.8. The van der Waals surface area contributed by atoms with Crippen LogP contribution in [0, 0.1) is 0 Å². The summed E-state index contributed by atoms with van der Waals surface area (Å²) in [4.78, 5) is 0. The van der Waals surface area contributed by atoms with Gasteiger partial charge in [0, 0.05) is 18.5 Å². The van der Waals surface area contributed by atoms with Crippen molar-refractivity contribution in [3.05, 3.63) is 11.6 Å². The molecule has 0 fully saturated rings. The largest absolute Gasteiger partial charge is 0.354 e. The van der Waals surface area contributed by atoms with E-state index in [1.54, 1.807) is 0 Å². The summed E-state index contributed by atoms with van der Waals surface area (Å²) in [5, 5.41) is 26.1. The van der Waals surface area contributed by atoms with Gasteiger partial charge in [0.1, 0.15) is 8.42 Å². The molecule has 0 saturated carbocycles. The van der Waals surface area contributed by atoms with Gasteiger partial charge >= 0.3 is 0 Å². The third-order valence-electron chi connectivity index (χ3n) is 2.76. The molecule has 114 valence electrons. The van der Waals surface area contributed by atoms with Crippen LogP contribution in [0.1, 0.15) is 24.9 Å². The number of rotatable bonds is 3. The summed E-state index contributed by atoms with van der Waals surface area (Å²) in [6, 6.07) is 0.482. The van der Waals surface area contributed by atoms with E-state index in [4.69, 9.17) is 5.14 Å². The molecule has 20 heavy (non-hydrogen) atoms. The lowest BCUT2D eigenvalue weighted by molar-refractivity contribution is -0.176. The van der Waals surface area contributed by atoms with Crippen LogP contribution in [-0.4, -0.2) is 38.7 Å². The Kier molecular flexibility index (Phi) is 3.74. The van der Waals surface area contributed by atoms with Crippen molar-refractivity contribution in [3.63, 3.8) is 0 Å². The smallest absolute Gasteiger partial charge is 0.247 e. The Hall–Kier alpha value is -0.560. The number of thiophene rings is 1. The van der Waals surface area contributed by atoms with Crippen LogP contribution >= 0.6 is 11.3 Å². The first-order chi connectivity index (χ1) is 8.90. The fourth-order valence-electron chi connectivity index (χ4n) is 1.99. The van der Waals surface area contributed by atoms with Crippen molar-refractivity contribution in [1.82, 2.24) is 5.32 Å². The van der Waals surface area contributed by atoms with Crippen LogP contribution in [0.25, 0.3) is 0 Å². The number of nitrogens with one attached hydrogen (secondary N) is 1. The van der Waals surface area contributed by atoms with Crippen molar-refractivity contribution >= 4 is 31.2 Å². The SMILES string of the molecule is CC(O)(O)NC1CCS(=O)(=O)c2sc(S(N)(=O)=O)cc21. The molecule has 1 unspecified atom stereocenters. The Balaban J connectivity index is 2.55. The van der Waals surface area contributed by atoms with Crippen molar-refractivity contribution in [1.29, 1.82) is 0 Å². The van der Waals surface area contributed by atoms with Gasteiger partial charge in [-0.15, -0.1) is 11.3 Å². The third-order valence-corrected chi connectivity index (χ3v) is 7.71. The van der Waals surface area contributed by atoms with Crippen molar-refractivity contribution in [2.45, 2.75) is 33.7 Å². The molecule has 0 spiro atoms. The normalized spacial score (nSPS) is 22.5. The zero-order valence-electron chi connectivity index (χ0n) is 10.4. The zero-order chi connectivity index (χ0) is 15.3. The Labute approximate surface area is 120 Å². The van der Waals surface area contributed by atoms with E-state index in [2.05, 4.69) is 5.32 Å². The molecule has 1 aliphatic rings. The Morgan fingerprint density at radius 1 is 1.50 bits per heavy atom. The number of fused-ring (bicyclic) bond motifs is 1. The standard InChI is InChI=1S/C9H14N2O6S3/c1-9(12,13)11-6-2-3-19(14,15)8-5(6)4-7(18-8)20(10,16)17/h4,6,11-13H,2-3H2,1H3,(H2,10,16,17). The molecule has 8 nitrogen and oxygen atoms in total. The lowest BCUT2D eigenvalue weighted by atomic mass is 10.1. The molecule has 0 aromatic carbocycles. The van der Waals surface area contributed by atoms with E-state index in [0.717, 1.165) is 13.0 Å². The number of nitrogens with two attached hydrogens (primary N) is 1. The number of sulfonamides is 1. The van der Waals surface area contributed by atoms with Gasteiger partial charge in [-0.05, 0) is 12.5 Å². The number of hydrogen-bond donors (Lipinski definition) is 4. The quantitative estimate of drug-likeness (QED) is 0.508. The highest BCUT2D eigenvalue weighted by Gasteiger charge is 2.36. The fraction of sp³-hybridized carbons (Fsp3) is 0.556. The average molecular weight is 342 g/mol. The van der Waals surface area contributed by atoms with E-state index < -0.39 is 31.8 Å². The summed E-state index contributed by atoms with van der Waals surface area (Å²) < 4.78 is 46.2. The van der Waals surface area contributed by atoms with Crippen molar-refractivity contribution in [3.8, 4) is 0 Å². The van der Waals surface area contributed by atoms with Crippen LogP contribution < -0.4 is 10.5 Å². The van der Waals surface area contributed by atoms with Gasteiger partial charge in [0.25, 0.3) is 0 Å². The predicted molar refractivity (Wildman–Crippen MR) is 71.1 cm³/mol. The van der Waals surface area contributed by atoms with Crippen LogP contribution in [0.4, 0.5) is 0 Å². The number of sulfone groups is 1. The molecule has 2 heterocycles. The minimum Gasteiger partial charge on any atom is -0.354 e. The van der Waals surface area contributed by atoms with Crippen LogP contribution in [-0.2, 0) is 19.9 Å². The van der Waals surface area contributed by atoms with Gasteiger partial charge < -0.3 is 10.2 Å². The molecule has 0 radical (unpaired) electrons. The second kappa shape index (κ2) is 4.73. The van der Waals surface area contributed by atoms with E-state index in [1.165, 1.54) is 0 Å². The molecule has 0 aliphatic carbocycles. The molecule has 5 N–H and O–H groups in total. The average Bonchev–Trinajstić information content (AvgIpc) is 2.66. The van der Waals surface area contributed by atoms with Gasteiger partial charge in [-0.1, -0.05) is 0 Å². The molecule has 0 amide bonds. The molecule has 2 rings (SSSR count). The molecule has 0 bridgehead atoms. The highest BCUT2D eigenvalue weighted by Crippen LogP contribution is 2.40. The number of aliphatic hydroxyl groups is 2. The summed E-state index contributed by atoms with van der Waals surface area (Å²) >= 11 is 0.575. The van der Waals surface area contributed by atoms with Gasteiger partial charge in [0.2, 0.25) is 15.9 Å². The molecule has 0 saturated heterocycles. The summed E-state index contributed by atoms with van der Waals surface area (Å²) in [5.41, 5.74) is 0.194. The molecule has 1 aromatic heterocycles. The van der Waals surface area contributed by atoms with E-state index >= 15 is 0 Å². The molecule has 1 aromatic rings. The summed E-state index contributed by atoms with van der Waals surface area (Å²) in [5.74, 6) is -2.41. The maximum atomic E-state index is 11.9. The molecular weight excluding hydrogens is 328 g/mol. The van der Waals surface area contributed by atoms with E-state index in [9.17, 15) is 27.0 Å². The van der Waals surface area contributed by atoms with Crippen molar-refractivity contribution in [2.24, 2.45) is 5.14 Å². The third kappa shape index (κ3) is 3.19. The maximum absolute atomic E-state index is 11.9. The Bertz CT molecular complexity index is 728.